The first-order valence-electron chi connectivity index (χ1n) is 8.18. The number of carbonyl (C=O) groups is 1. The van der Waals surface area contributed by atoms with E-state index in [-0.39, 0.29) is 21.3 Å². The van der Waals surface area contributed by atoms with E-state index >= 15 is 0 Å². The van der Waals surface area contributed by atoms with E-state index in [0.29, 0.717) is 15.9 Å². The number of aliphatic hydroxyl groups is 1. The van der Waals surface area contributed by atoms with Crippen molar-refractivity contribution in [2.45, 2.75) is 9.92 Å². The van der Waals surface area contributed by atoms with Crippen molar-refractivity contribution >= 4 is 43.9 Å². The number of rotatable bonds is 5. The molecule has 0 radical (unpaired) electrons. The van der Waals surface area contributed by atoms with E-state index in [2.05, 4.69) is 25.6 Å². The Hall–Kier alpha value is -3.50. The molecule has 2 heterocycles. The summed E-state index contributed by atoms with van der Waals surface area (Å²) in [5, 5.41) is 23.6. The van der Waals surface area contributed by atoms with Gasteiger partial charge in [0.1, 0.15) is 10.8 Å². The number of hydrogen-bond donors (Lipinski definition) is 3. The molecule has 0 atom stereocenters. The maximum atomic E-state index is 13.2. The molecule has 0 unspecified atom stereocenters. The third-order valence-electron chi connectivity index (χ3n) is 4.14. The van der Waals surface area contributed by atoms with Crippen LogP contribution in [0.15, 0.2) is 64.5 Å². The van der Waals surface area contributed by atoms with Crippen LogP contribution in [-0.2, 0) is 9.84 Å². The third-order valence-corrected chi connectivity index (χ3v) is 6.11. The van der Waals surface area contributed by atoms with Crippen molar-refractivity contribution in [3.05, 3.63) is 71.0 Å². The summed E-state index contributed by atoms with van der Waals surface area (Å²) in [7, 11) is -4.04. The third kappa shape index (κ3) is 3.39. The zero-order chi connectivity index (χ0) is 20.6. The predicted molar refractivity (Wildman–Crippen MR) is 104 cm³/mol. The lowest BCUT2D eigenvalue weighted by Crippen LogP contribution is -2.06. The minimum absolute atomic E-state index is 0.0243. The summed E-state index contributed by atoms with van der Waals surface area (Å²) >= 11 is 6.06. The van der Waals surface area contributed by atoms with Crippen molar-refractivity contribution in [1.29, 1.82) is 0 Å². The fourth-order valence-corrected chi connectivity index (χ4v) is 4.49. The topological polar surface area (TPSA) is 142 Å². The molecule has 0 spiro atoms. The van der Waals surface area contributed by atoms with Gasteiger partial charge in [-0.3, -0.25) is 4.79 Å². The molecule has 0 aliphatic carbocycles. The fourth-order valence-electron chi connectivity index (χ4n) is 2.84. The number of aromatic nitrogens is 5. The minimum Gasteiger partial charge on any atom is -0.507 e. The van der Waals surface area contributed by atoms with Crippen LogP contribution in [0.4, 0.5) is 0 Å². The van der Waals surface area contributed by atoms with Crippen molar-refractivity contribution in [3.63, 3.8) is 0 Å². The average Bonchev–Trinajstić information content (AvgIpc) is 3.36. The number of aromatic amines is 2. The second kappa shape index (κ2) is 7.15. The van der Waals surface area contributed by atoms with E-state index < -0.39 is 21.4 Å². The number of nitrogens with one attached hydrogen (secondary N) is 2. The number of H-pyrrole nitrogens is 2. The Labute approximate surface area is 168 Å². The molecule has 0 fully saturated rings. The van der Waals surface area contributed by atoms with Gasteiger partial charge in [0, 0.05) is 22.0 Å². The highest BCUT2D eigenvalue weighted by Gasteiger charge is 2.28. The second-order valence-corrected chi connectivity index (χ2v) is 8.29. The molecule has 11 heteroatoms. The molecule has 0 amide bonds. The zero-order valence-corrected chi connectivity index (χ0v) is 16.1. The summed E-state index contributed by atoms with van der Waals surface area (Å²) in [4.78, 5) is 15.1. The molecule has 2 aromatic carbocycles. The number of nitrogens with zero attached hydrogens (tertiary/aromatic N) is 3. The molecule has 0 aliphatic heterocycles. The molecular weight excluding hydrogens is 418 g/mol. The average molecular weight is 430 g/mol. The summed E-state index contributed by atoms with van der Waals surface area (Å²) in [6.07, 6.45) is 0.832. The number of hydrogen-bond acceptors (Lipinski definition) is 7. The van der Waals surface area contributed by atoms with Gasteiger partial charge in [-0.25, -0.2) is 8.42 Å². The van der Waals surface area contributed by atoms with Crippen LogP contribution in [0.1, 0.15) is 16.2 Å². The molecule has 3 N–H and O–H groups in total. The van der Waals surface area contributed by atoms with Crippen molar-refractivity contribution in [3.8, 4) is 0 Å². The highest BCUT2D eigenvalue weighted by Crippen LogP contribution is 2.35. The number of carbonyl (C=O) groups excluding carboxylic acids is 1. The standard InChI is InChI=1S/C18H12ClN5O4S/c19-10-6-7-13-12(8-10)16(14(25)9-15(26)17-21-23-24-22-17)18(20-13)29(27,28)11-4-2-1-3-5-11/h1-9,20,25H,(H,21,22,23,24). The molecule has 9 nitrogen and oxygen atoms in total. The Kier molecular flexibility index (Phi) is 4.65. The highest BCUT2D eigenvalue weighted by molar-refractivity contribution is 7.91. The van der Waals surface area contributed by atoms with Crippen LogP contribution in [0.2, 0.25) is 5.02 Å². The summed E-state index contributed by atoms with van der Waals surface area (Å²) in [6.45, 7) is 0. The second-order valence-electron chi connectivity index (χ2n) is 5.96. The Bertz CT molecular complexity index is 1350. The van der Waals surface area contributed by atoms with Gasteiger partial charge in [0.2, 0.25) is 21.4 Å². The molecule has 0 bridgehead atoms. The monoisotopic (exact) mass is 429 g/mol. The maximum Gasteiger partial charge on any atom is 0.244 e. The minimum atomic E-state index is -4.04. The largest absolute Gasteiger partial charge is 0.507 e. The first-order chi connectivity index (χ1) is 13.9. The van der Waals surface area contributed by atoms with E-state index in [9.17, 15) is 18.3 Å². The number of aliphatic hydroxyl groups excluding tert-OH is 1. The lowest BCUT2D eigenvalue weighted by Gasteiger charge is -2.06. The molecule has 0 saturated heterocycles. The number of allylic oxidation sites excluding steroid dienone is 1. The smallest absolute Gasteiger partial charge is 0.244 e. The quantitative estimate of drug-likeness (QED) is 0.251. The van der Waals surface area contributed by atoms with Gasteiger partial charge in [-0.1, -0.05) is 29.8 Å². The van der Waals surface area contributed by atoms with Gasteiger partial charge in [0.05, 0.1) is 10.5 Å². The molecule has 0 saturated carbocycles. The van der Waals surface area contributed by atoms with Gasteiger partial charge in [-0.2, -0.15) is 5.21 Å². The van der Waals surface area contributed by atoms with E-state index in [0.717, 1.165) is 6.08 Å². The van der Waals surface area contributed by atoms with Crippen LogP contribution in [0.3, 0.4) is 0 Å². The van der Waals surface area contributed by atoms with Gasteiger partial charge in [-0.05, 0) is 35.5 Å². The number of halogens is 1. The number of benzene rings is 2. The molecule has 146 valence electrons. The number of tetrazole rings is 1. The Morgan fingerprint density at radius 2 is 1.90 bits per heavy atom. The lowest BCUT2D eigenvalue weighted by molar-refractivity contribution is 0.103. The molecule has 4 rings (SSSR count). The zero-order valence-electron chi connectivity index (χ0n) is 14.5. The highest BCUT2D eigenvalue weighted by atomic mass is 35.5. The molecule has 4 aromatic rings. The number of sulfone groups is 1. The molecular formula is C18H12ClN5O4S. The summed E-state index contributed by atoms with van der Waals surface area (Å²) < 4.78 is 26.4. The van der Waals surface area contributed by atoms with E-state index in [1.54, 1.807) is 30.3 Å². The molecule has 0 aliphatic rings. The number of fused-ring (bicyclic) bond motifs is 1. The van der Waals surface area contributed by atoms with Gasteiger partial charge in [0.15, 0.2) is 0 Å². The Balaban J connectivity index is 1.96. The summed E-state index contributed by atoms with van der Waals surface area (Å²) in [5.41, 5.74) is 0.342. The van der Waals surface area contributed by atoms with Crippen LogP contribution in [0, 0.1) is 0 Å². The normalized spacial score (nSPS) is 12.4. The van der Waals surface area contributed by atoms with Crippen molar-refractivity contribution < 1.29 is 18.3 Å². The summed E-state index contributed by atoms with van der Waals surface area (Å²) in [5.74, 6) is -1.61. The van der Waals surface area contributed by atoms with Gasteiger partial charge in [0.25, 0.3) is 0 Å². The van der Waals surface area contributed by atoms with Gasteiger partial charge in [-0.15, -0.1) is 10.2 Å². The van der Waals surface area contributed by atoms with Crippen LogP contribution in [0.5, 0.6) is 0 Å². The lowest BCUT2D eigenvalue weighted by atomic mass is 10.1. The van der Waals surface area contributed by atoms with Crippen molar-refractivity contribution in [2.75, 3.05) is 0 Å². The van der Waals surface area contributed by atoms with Crippen molar-refractivity contribution in [2.24, 2.45) is 0 Å². The Morgan fingerprint density at radius 3 is 2.59 bits per heavy atom. The van der Waals surface area contributed by atoms with E-state index in [1.807, 2.05) is 0 Å². The molecule has 2 aromatic heterocycles. The van der Waals surface area contributed by atoms with Crippen LogP contribution >= 0.6 is 11.6 Å². The SMILES string of the molecule is O=C(C=C(O)c1c(S(=O)(=O)c2ccccc2)[nH]c2ccc(Cl)cc12)c1nn[nH]n1. The van der Waals surface area contributed by atoms with Crippen LogP contribution < -0.4 is 0 Å². The predicted octanol–water partition coefficient (Wildman–Crippen LogP) is 2.95. The van der Waals surface area contributed by atoms with E-state index in [4.69, 9.17) is 11.6 Å². The molecule has 29 heavy (non-hydrogen) atoms. The summed E-state index contributed by atoms with van der Waals surface area (Å²) in [6, 6.07) is 12.4. The Morgan fingerprint density at radius 1 is 1.14 bits per heavy atom. The fraction of sp³-hybridized carbons (Fsp3) is 0. The van der Waals surface area contributed by atoms with E-state index in [1.165, 1.54) is 18.2 Å². The van der Waals surface area contributed by atoms with Gasteiger partial charge < -0.3 is 10.1 Å². The van der Waals surface area contributed by atoms with Crippen LogP contribution in [0.25, 0.3) is 16.7 Å². The van der Waals surface area contributed by atoms with Gasteiger partial charge >= 0.3 is 0 Å². The van der Waals surface area contributed by atoms with Crippen LogP contribution in [-0.4, -0.2) is 44.9 Å². The maximum absolute atomic E-state index is 13.2. The van der Waals surface area contributed by atoms with Crippen molar-refractivity contribution in [1.82, 2.24) is 25.6 Å². The first kappa shape index (κ1) is 18.8. The number of ketones is 1. The first-order valence-corrected chi connectivity index (χ1v) is 10.0.